The number of hydrogen-bond donors (Lipinski definition) is 0. The molecule has 0 saturated carbocycles. The van der Waals surface area contributed by atoms with Gasteiger partial charge in [0.05, 0.1) is 5.69 Å². The van der Waals surface area contributed by atoms with Gasteiger partial charge in [0, 0.05) is 36.9 Å². The Labute approximate surface area is 154 Å². The van der Waals surface area contributed by atoms with Gasteiger partial charge in [-0.2, -0.15) is 0 Å². The van der Waals surface area contributed by atoms with E-state index in [9.17, 15) is 4.79 Å². The van der Waals surface area contributed by atoms with Gasteiger partial charge in [0.15, 0.2) is 5.82 Å². The summed E-state index contributed by atoms with van der Waals surface area (Å²) in [6, 6.07) is 10.1. The molecule has 1 fully saturated rings. The zero-order valence-electron chi connectivity index (χ0n) is 15.3. The monoisotopic (exact) mass is 351 g/mol. The van der Waals surface area contributed by atoms with E-state index in [1.165, 1.54) is 5.56 Å². The second-order valence-corrected chi connectivity index (χ2v) is 7.27. The van der Waals surface area contributed by atoms with Crippen LogP contribution in [0, 0.1) is 0 Å². The number of fused-ring (bicyclic) bond motifs is 2. The van der Waals surface area contributed by atoms with E-state index in [-0.39, 0.29) is 17.9 Å². The zero-order chi connectivity index (χ0) is 18.0. The molecule has 1 aliphatic heterocycles. The van der Waals surface area contributed by atoms with Gasteiger partial charge in [0.1, 0.15) is 6.61 Å². The fourth-order valence-corrected chi connectivity index (χ4v) is 4.29. The number of amides is 1. The molecule has 2 aliphatic rings. The molecule has 1 aliphatic carbocycles. The average molecular weight is 351 g/mol. The van der Waals surface area contributed by atoms with Crippen LogP contribution >= 0.6 is 0 Å². The number of benzene rings is 1. The summed E-state index contributed by atoms with van der Waals surface area (Å²) >= 11 is 0. The lowest BCUT2D eigenvalue weighted by Crippen LogP contribution is -2.49. The van der Waals surface area contributed by atoms with E-state index in [2.05, 4.69) is 4.98 Å². The first-order valence-corrected chi connectivity index (χ1v) is 9.49. The van der Waals surface area contributed by atoms with Gasteiger partial charge in [-0.1, -0.05) is 30.3 Å². The number of likely N-dealkylation sites (tertiary alicyclic amines) is 1. The Bertz CT molecular complexity index is 789. The van der Waals surface area contributed by atoms with Gasteiger partial charge in [-0.15, -0.1) is 0 Å². The largest absolute Gasteiger partial charge is 0.372 e. The molecular weight excluding hydrogens is 326 g/mol. The Balaban J connectivity index is 1.62. The van der Waals surface area contributed by atoms with E-state index < -0.39 is 0 Å². The first-order chi connectivity index (χ1) is 12.7. The van der Waals surface area contributed by atoms with Crippen molar-refractivity contribution in [3.8, 4) is 11.4 Å². The summed E-state index contributed by atoms with van der Waals surface area (Å²) in [7, 11) is 0. The molecule has 5 nitrogen and oxygen atoms in total. The van der Waals surface area contributed by atoms with E-state index in [0.717, 1.165) is 55.9 Å². The van der Waals surface area contributed by atoms with Crippen molar-refractivity contribution in [1.82, 2.24) is 14.9 Å². The summed E-state index contributed by atoms with van der Waals surface area (Å²) in [5.74, 6) is 0.875. The average Bonchev–Trinajstić information content (AvgIpc) is 3.04. The highest BCUT2D eigenvalue weighted by Gasteiger charge is 2.44. The summed E-state index contributed by atoms with van der Waals surface area (Å²) in [6.45, 7) is 4.23. The quantitative estimate of drug-likeness (QED) is 0.850. The maximum absolute atomic E-state index is 12.5. The van der Waals surface area contributed by atoms with Gasteiger partial charge < -0.3 is 9.64 Å². The van der Waals surface area contributed by atoms with Crippen LogP contribution in [0.1, 0.15) is 37.4 Å². The van der Waals surface area contributed by atoms with Crippen molar-refractivity contribution in [1.29, 1.82) is 0 Å². The minimum atomic E-state index is -0.0259. The molecular formula is C21H25N3O2. The van der Waals surface area contributed by atoms with Crippen LogP contribution in [0.3, 0.4) is 0 Å². The molecule has 136 valence electrons. The van der Waals surface area contributed by atoms with Crippen LogP contribution in [0.5, 0.6) is 0 Å². The lowest BCUT2D eigenvalue weighted by atomic mass is 9.77. The lowest BCUT2D eigenvalue weighted by Gasteiger charge is -2.40. The number of aromatic nitrogens is 2. The number of ether oxygens (including phenoxy) is 1. The highest BCUT2D eigenvalue weighted by Crippen LogP contribution is 2.44. The Kier molecular flexibility index (Phi) is 4.72. The topological polar surface area (TPSA) is 55.3 Å². The van der Waals surface area contributed by atoms with Crippen molar-refractivity contribution in [3.05, 3.63) is 47.8 Å². The van der Waals surface area contributed by atoms with Gasteiger partial charge in [-0.25, -0.2) is 9.97 Å². The van der Waals surface area contributed by atoms with Gasteiger partial charge in [0.25, 0.3) is 0 Å². The first kappa shape index (κ1) is 17.2. The Hall–Kier alpha value is -2.27. The Morgan fingerprint density at radius 2 is 2.12 bits per heavy atom. The predicted molar refractivity (Wildman–Crippen MR) is 99.8 cm³/mol. The molecule has 1 aromatic heterocycles. The number of hydrogen-bond acceptors (Lipinski definition) is 4. The van der Waals surface area contributed by atoms with Gasteiger partial charge in [0.2, 0.25) is 5.91 Å². The lowest BCUT2D eigenvalue weighted by molar-refractivity contribution is -0.138. The fraction of sp³-hybridized carbons (Fsp3) is 0.476. The number of piperidine rings is 1. The maximum Gasteiger partial charge on any atom is 0.248 e. The molecule has 0 N–H and O–H groups in total. The number of aryl methyl sites for hydroxylation is 1. The van der Waals surface area contributed by atoms with Crippen LogP contribution in [-0.2, 0) is 21.4 Å². The van der Waals surface area contributed by atoms with Crippen molar-refractivity contribution in [3.63, 3.8) is 0 Å². The maximum atomic E-state index is 12.5. The van der Waals surface area contributed by atoms with E-state index in [0.29, 0.717) is 6.61 Å². The molecule has 1 amide bonds. The van der Waals surface area contributed by atoms with Crippen molar-refractivity contribution in [2.75, 3.05) is 26.3 Å². The molecule has 4 rings (SSSR count). The van der Waals surface area contributed by atoms with E-state index in [1.54, 1.807) is 0 Å². The number of rotatable bonds is 4. The minimum absolute atomic E-state index is 0.0259. The van der Waals surface area contributed by atoms with Crippen LogP contribution in [0.15, 0.2) is 36.5 Å². The standard InChI is InChI=1S/C21H25N3O2/c1-2-26-14-18(25)24-12-6-10-21(15-24)11-9-17-13-22-20(23-19(17)21)16-7-4-3-5-8-16/h3-5,7-8,13H,2,6,9-12,14-15H2,1H3. The summed E-state index contributed by atoms with van der Waals surface area (Å²) in [5.41, 5.74) is 3.41. The van der Waals surface area contributed by atoms with Crippen LogP contribution in [-0.4, -0.2) is 47.1 Å². The molecule has 0 bridgehead atoms. The van der Waals surface area contributed by atoms with E-state index in [4.69, 9.17) is 9.72 Å². The third-order valence-corrected chi connectivity index (χ3v) is 5.63. The first-order valence-electron chi connectivity index (χ1n) is 9.49. The second-order valence-electron chi connectivity index (χ2n) is 7.27. The molecule has 2 aromatic rings. The van der Waals surface area contributed by atoms with Crippen LogP contribution in [0.25, 0.3) is 11.4 Å². The van der Waals surface area contributed by atoms with E-state index >= 15 is 0 Å². The van der Waals surface area contributed by atoms with E-state index in [1.807, 2.05) is 48.4 Å². The molecule has 5 heteroatoms. The van der Waals surface area contributed by atoms with Gasteiger partial charge in [-0.3, -0.25) is 4.79 Å². The summed E-state index contributed by atoms with van der Waals surface area (Å²) in [4.78, 5) is 24.0. The van der Waals surface area contributed by atoms with Crippen LogP contribution in [0.2, 0.25) is 0 Å². The minimum Gasteiger partial charge on any atom is -0.372 e. The third-order valence-electron chi connectivity index (χ3n) is 5.63. The highest BCUT2D eigenvalue weighted by molar-refractivity contribution is 5.77. The van der Waals surface area contributed by atoms with Crippen molar-refractivity contribution >= 4 is 5.91 Å². The molecule has 1 spiro atoms. The Morgan fingerprint density at radius 1 is 1.27 bits per heavy atom. The summed E-state index contributed by atoms with van der Waals surface area (Å²) in [5, 5.41) is 0. The second kappa shape index (κ2) is 7.16. The highest BCUT2D eigenvalue weighted by atomic mass is 16.5. The molecule has 1 atom stereocenters. The third kappa shape index (κ3) is 3.12. The number of nitrogens with zero attached hydrogens (tertiary/aromatic N) is 3. The van der Waals surface area contributed by atoms with Crippen molar-refractivity contribution in [2.24, 2.45) is 0 Å². The molecule has 0 radical (unpaired) electrons. The molecule has 1 saturated heterocycles. The molecule has 1 unspecified atom stereocenters. The molecule has 26 heavy (non-hydrogen) atoms. The van der Waals surface area contributed by atoms with Gasteiger partial charge >= 0.3 is 0 Å². The number of carbonyl (C=O) groups is 1. The van der Waals surface area contributed by atoms with Crippen LogP contribution < -0.4 is 0 Å². The normalized spacial score (nSPS) is 21.8. The van der Waals surface area contributed by atoms with Gasteiger partial charge in [-0.05, 0) is 38.2 Å². The molecule has 2 heterocycles. The smallest absolute Gasteiger partial charge is 0.248 e. The van der Waals surface area contributed by atoms with Crippen molar-refractivity contribution in [2.45, 2.75) is 38.0 Å². The molecule has 1 aromatic carbocycles. The SMILES string of the molecule is CCOCC(=O)N1CCCC2(CCc3cnc(-c4ccccc4)nc32)C1. The summed E-state index contributed by atoms with van der Waals surface area (Å²) < 4.78 is 5.33. The Morgan fingerprint density at radius 3 is 2.92 bits per heavy atom. The predicted octanol–water partition coefficient (Wildman–Crippen LogP) is 2.99. The number of carbonyl (C=O) groups excluding carboxylic acids is 1. The fourth-order valence-electron chi connectivity index (χ4n) is 4.29. The zero-order valence-corrected chi connectivity index (χ0v) is 15.3. The van der Waals surface area contributed by atoms with Crippen LogP contribution in [0.4, 0.5) is 0 Å². The summed E-state index contributed by atoms with van der Waals surface area (Å²) in [6.07, 6.45) is 6.14. The van der Waals surface area contributed by atoms with Crippen molar-refractivity contribution < 1.29 is 9.53 Å².